The number of carbonyl (C=O) groups is 1. The molecule has 0 radical (unpaired) electrons. The number of hydrogen-bond acceptors (Lipinski definition) is 4. The number of sulfonamides is 1. The van der Waals surface area contributed by atoms with Gasteiger partial charge in [-0.15, -0.1) is 0 Å². The summed E-state index contributed by atoms with van der Waals surface area (Å²) in [6, 6.07) is 4.45. The van der Waals surface area contributed by atoms with E-state index in [9.17, 15) is 13.2 Å². The summed E-state index contributed by atoms with van der Waals surface area (Å²) in [5.41, 5.74) is 6.13. The topological polar surface area (TPSA) is 83.7 Å². The third-order valence-corrected chi connectivity index (χ3v) is 5.78. The summed E-state index contributed by atoms with van der Waals surface area (Å²) in [6.45, 7) is 0.775. The van der Waals surface area contributed by atoms with Gasteiger partial charge in [0.2, 0.25) is 15.9 Å². The molecule has 2 rings (SSSR count). The van der Waals surface area contributed by atoms with Crippen LogP contribution in [-0.2, 0) is 14.8 Å². The lowest BCUT2D eigenvalue weighted by molar-refractivity contribution is -0.129. The van der Waals surface area contributed by atoms with Crippen molar-refractivity contribution < 1.29 is 13.2 Å². The van der Waals surface area contributed by atoms with Gasteiger partial charge in [0.05, 0.1) is 11.4 Å². The highest BCUT2D eigenvalue weighted by Crippen LogP contribution is 2.25. The quantitative estimate of drug-likeness (QED) is 0.792. The maximum atomic E-state index is 12.5. The van der Waals surface area contributed by atoms with Crippen LogP contribution < -0.4 is 5.73 Å². The van der Waals surface area contributed by atoms with Gasteiger partial charge in [-0.3, -0.25) is 4.79 Å². The number of halogens is 1. The van der Waals surface area contributed by atoms with E-state index in [0.29, 0.717) is 29.7 Å². The van der Waals surface area contributed by atoms with Crippen LogP contribution in [0.15, 0.2) is 27.6 Å². The largest absolute Gasteiger partial charge is 0.398 e. The fraction of sp³-hybridized carbons (Fsp3) is 0.417. The number of rotatable bonds is 2. The molecule has 20 heavy (non-hydrogen) atoms. The molecule has 1 fully saturated rings. The highest BCUT2D eigenvalue weighted by atomic mass is 79.9. The van der Waals surface area contributed by atoms with E-state index in [-0.39, 0.29) is 17.3 Å². The van der Waals surface area contributed by atoms with Crippen molar-refractivity contribution >= 4 is 37.5 Å². The first-order valence-corrected chi connectivity index (χ1v) is 8.35. The van der Waals surface area contributed by atoms with Gasteiger partial charge in [0.1, 0.15) is 0 Å². The minimum atomic E-state index is -3.68. The minimum Gasteiger partial charge on any atom is -0.398 e. The lowest BCUT2D eigenvalue weighted by Gasteiger charge is -2.19. The molecule has 1 aliphatic rings. The van der Waals surface area contributed by atoms with Crippen LogP contribution in [0.4, 0.5) is 5.69 Å². The molecule has 8 heteroatoms. The highest BCUT2D eigenvalue weighted by molar-refractivity contribution is 9.10. The fourth-order valence-electron chi connectivity index (χ4n) is 1.98. The first kappa shape index (κ1) is 15.3. The standard InChI is InChI=1S/C12H16BrN3O3S/c1-15-5-2-6-16(8-12(15)17)20(18,19)9-3-4-11(14)10(13)7-9/h3-4,7H,2,5-6,8,14H2,1H3. The Balaban J connectivity index is 2.34. The van der Waals surface area contributed by atoms with E-state index in [0.717, 1.165) is 0 Å². The van der Waals surface area contributed by atoms with Crippen LogP contribution in [0, 0.1) is 0 Å². The molecule has 2 N–H and O–H groups in total. The van der Waals surface area contributed by atoms with Gasteiger partial charge in [0.15, 0.2) is 0 Å². The maximum Gasteiger partial charge on any atom is 0.243 e. The number of nitrogen functional groups attached to an aromatic ring is 1. The van der Waals surface area contributed by atoms with Crippen molar-refractivity contribution in [3.8, 4) is 0 Å². The summed E-state index contributed by atoms with van der Waals surface area (Å²) in [4.78, 5) is 13.5. The molecule has 1 aromatic rings. The van der Waals surface area contributed by atoms with Crippen LogP contribution in [0.25, 0.3) is 0 Å². The van der Waals surface area contributed by atoms with Crippen molar-refractivity contribution in [1.82, 2.24) is 9.21 Å². The summed E-state index contributed by atoms with van der Waals surface area (Å²) >= 11 is 3.22. The molecule has 1 heterocycles. The molecule has 0 saturated carbocycles. The molecule has 1 saturated heterocycles. The number of carbonyl (C=O) groups excluding carboxylic acids is 1. The van der Waals surface area contributed by atoms with E-state index in [1.807, 2.05) is 0 Å². The normalized spacial score (nSPS) is 18.1. The van der Waals surface area contributed by atoms with Gasteiger partial charge in [-0.25, -0.2) is 8.42 Å². The molecule has 0 atom stereocenters. The Morgan fingerprint density at radius 1 is 1.30 bits per heavy atom. The molecule has 0 bridgehead atoms. The zero-order chi connectivity index (χ0) is 14.9. The van der Waals surface area contributed by atoms with Crippen molar-refractivity contribution in [2.75, 3.05) is 32.4 Å². The molecule has 0 aliphatic carbocycles. The molecule has 110 valence electrons. The predicted molar refractivity (Wildman–Crippen MR) is 79.6 cm³/mol. The lowest BCUT2D eigenvalue weighted by atomic mass is 10.3. The first-order valence-electron chi connectivity index (χ1n) is 6.11. The molecule has 0 aromatic heterocycles. The van der Waals surface area contributed by atoms with Gasteiger partial charge >= 0.3 is 0 Å². The Hall–Kier alpha value is -1.12. The highest BCUT2D eigenvalue weighted by Gasteiger charge is 2.29. The van der Waals surface area contributed by atoms with Crippen LogP contribution in [0.5, 0.6) is 0 Å². The second-order valence-electron chi connectivity index (χ2n) is 4.69. The number of benzene rings is 1. The van der Waals surface area contributed by atoms with Gasteiger partial charge in [0, 0.05) is 30.3 Å². The van der Waals surface area contributed by atoms with Gasteiger partial charge in [-0.2, -0.15) is 4.31 Å². The van der Waals surface area contributed by atoms with Crippen molar-refractivity contribution in [3.63, 3.8) is 0 Å². The zero-order valence-electron chi connectivity index (χ0n) is 11.0. The van der Waals surface area contributed by atoms with Crippen LogP contribution in [0.3, 0.4) is 0 Å². The van der Waals surface area contributed by atoms with Crippen molar-refractivity contribution in [2.24, 2.45) is 0 Å². The second-order valence-corrected chi connectivity index (χ2v) is 7.48. The Labute approximate surface area is 126 Å². The fourth-order valence-corrected chi connectivity index (χ4v) is 3.97. The molecule has 0 spiro atoms. The second kappa shape index (κ2) is 5.71. The third-order valence-electron chi connectivity index (χ3n) is 3.25. The molecular formula is C12H16BrN3O3S. The third kappa shape index (κ3) is 2.97. The monoisotopic (exact) mass is 361 g/mol. The van der Waals surface area contributed by atoms with E-state index in [2.05, 4.69) is 15.9 Å². The summed E-state index contributed by atoms with van der Waals surface area (Å²) in [5, 5.41) is 0. The number of nitrogens with zero attached hydrogens (tertiary/aromatic N) is 2. The molecule has 1 aliphatic heterocycles. The van der Waals surface area contributed by atoms with E-state index in [1.165, 1.54) is 22.5 Å². The van der Waals surface area contributed by atoms with E-state index in [4.69, 9.17) is 5.73 Å². The van der Waals surface area contributed by atoms with E-state index < -0.39 is 10.0 Å². The summed E-state index contributed by atoms with van der Waals surface area (Å²) in [6.07, 6.45) is 0.623. The zero-order valence-corrected chi connectivity index (χ0v) is 13.4. The van der Waals surface area contributed by atoms with Crippen LogP contribution in [-0.4, -0.2) is 50.2 Å². The molecule has 0 unspecified atom stereocenters. The number of hydrogen-bond donors (Lipinski definition) is 1. The summed E-state index contributed by atoms with van der Waals surface area (Å²) < 4.78 is 26.8. The van der Waals surface area contributed by atoms with Gasteiger partial charge < -0.3 is 10.6 Å². The van der Waals surface area contributed by atoms with Crippen molar-refractivity contribution in [3.05, 3.63) is 22.7 Å². The maximum absolute atomic E-state index is 12.5. The Kier molecular flexibility index (Phi) is 4.36. The van der Waals surface area contributed by atoms with Crippen LogP contribution in [0.1, 0.15) is 6.42 Å². The number of anilines is 1. The Morgan fingerprint density at radius 2 is 2.00 bits per heavy atom. The Morgan fingerprint density at radius 3 is 2.65 bits per heavy atom. The van der Waals surface area contributed by atoms with Crippen molar-refractivity contribution in [1.29, 1.82) is 0 Å². The average Bonchev–Trinajstić information content (AvgIpc) is 2.56. The van der Waals surface area contributed by atoms with Crippen LogP contribution in [0.2, 0.25) is 0 Å². The number of likely N-dealkylation sites (N-methyl/N-ethyl adjacent to an activating group) is 1. The lowest BCUT2D eigenvalue weighted by Crippen LogP contribution is -2.38. The molecule has 1 aromatic carbocycles. The van der Waals surface area contributed by atoms with Crippen molar-refractivity contribution in [2.45, 2.75) is 11.3 Å². The summed E-state index contributed by atoms with van der Waals surface area (Å²) in [5.74, 6) is -0.194. The average molecular weight is 362 g/mol. The molecule has 1 amide bonds. The number of nitrogens with two attached hydrogens (primary N) is 1. The van der Waals surface area contributed by atoms with E-state index >= 15 is 0 Å². The minimum absolute atomic E-state index is 0.124. The Bertz CT molecular complexity index is 633. The molecular weight excluding hydrogens is 346 g/mol. The van der Waals surface area contributed by atoms with Gasteiger partial charge in [-0.1, -0.05) is 0 Å². The van der Waals surface area contributed by atoms with Gasteiger partial charge in [0.25, 0.3) is 0 Å². The molecule has 6 nitrogen and oxygen atoms in total. The van der Waals surface area contributed by atoms with Crippen LogP contribution >= 0.6 is 15.9 Å². The first-order chi connectivity index (χ1) is 9.32. The smallest absolute Gasteiger partial charge is 0.243 e. The number of amides is 1. The summed E-state index contributed by atoms with van der Waals surface area (Å²) in [7, 11) is -2.00. The van der Waals surface area contributed by atoms with E-state index in [1.54, 1.807) is 11.9 Å². The predicted octanol–water partition coefficient (Wildman–Crippen LogP) is 0.884. The van der Waals surface area contributed by atoms with Gasteiger partial charge in [-0.05, 0) is 40.5 Å². The SMILES string of the molecule is CN1CCCN(S(=O)(=O)c2ccc(N)c(Br)c2)CC1=O.